The average Bonchev–Trinajstić information content (AvgIpc) is 2.53. The number of carbonyl (C=O) groups is 1. The molecule has 0 bridgehead atoms. The van der Waals surface area contributed by atoms with Crippen molar-refractivity contribution in [2.45, 2.75) is 0 Å². The number of pyridine rings is 1. The number of carboxylic acids is 1. The quantitative estimate of drug-likeness (QED) is 0.775. The lowest BCUT2D eigenvalue weighted by Gasteiger charge is -2.09. The van der Waals surface area contributed by atoms with Crippen molar-refractivity contribution in [3.8, 4) is 22.8 Å². The summed E-state index contributed by atoms with van der Waals surface area (Å²) in [5.41, 5.74) is 2.00. The third-order valence-electron chi connectivity index (χ3n) is 3.41. The monoisotopic (exact) mass is 295 g/mol. The molecule has 0 spiro atoms. The van der Waals surface area contributed by atoms with Crippen molar-refractivity contribution < 1.29 is 19.7 Å². The van der Waals surface area contributed by atoms with Gasteiger partial charge < -0.3 is 14.9 Å². The number of nitrogens with zero attached hydrogens (tertiary/aromatic N) is 1. The highest BCUT2D eigenvalue weighted by Gasteiger charge is 2.13. The fourth-order valence-electron chi connectivity index (χ4n) is 2.29. The minimum absolute atomic E-state index is 0.146. The van der Waals surface area contributed by atoms with Crippen LogP contribution in [0.4, 0.5) is 0 Å². The predicted octanol–water partition coefficient (Wildman–Crippen LogP) is 3.31. The third-order valence-corrected chi connectivity index (χ3v) is 3.41. The van der Waals surface area contributed by atoms with Gasteiger partial charge in [-0.3, -0.25) is 0 Å². The van der Waals surface area contributed by atoms with Gasteiger partial charge in [0.2, 0.25) is 0 Å². The van der Waals surface area contributed by atoms with Crippen molar-refractivity contribution in [3.05, 3.63) is 54.1 Å². The van der Waals surface area contributed by atoms with E-state index in [0.717, 1.165) is 5.56 Å². The minimum Gasteiger partial charge on any atom is -0.508 e. The van der Waals surface area contributed by atoms with Gasteiger partial charge >= 0.3 is 5.97 Å². The van der Waals surface area contributed by atoms with Crippen LogP contribution in [-0.2, 0) is 0 Å². The predicted molar refractivity (Wildman–Crippen MR) is 82.4 cm³/mol. The first-order valence-corrected chi connectivity index (χ1v) is 6.60. The van der Waals surface area contributed by atoms with Crippen LogP contribution >= 0.6 is 0 Å². The van der Waals surface area contributed by atoms with Crippen molar-refractivity contribution in [1.82, 2.24) is 4.98 Å². The SMILES string of the molecule is COc1ccc2nc(-c3ccc(O)cc3)cc(C(=O)O)c2c1. The topological polar surface area (TPSA) is 79.7 Å². The molecule has 0 saturated heterocycles. The van der Waals surface area contributed by atoms with Crippen LogP contribution in [0.1, 0.15) is 10.4 Å². The van der Waals surface area contributed by atoms with E-state index in [1.807, 2.05) is 0 Å². The van der Waals surface area contributed by atoms with Gasteiger partial charge in [0.1, 0.15) is 11.5 Å². The van der Waals surface area contributed by atoms with E-state index in [0.29, 0.717) is 22.3 Å². The van der Waals surface area contributed by atoms with Gasteiger partial charge in [-0.25, -0.2) is 9.78 Å². The lowest BCUT2D eigenvalue weighted by atomic mass is 10.0. The second-order valence-corrected chi connectivity index (χ2v) is 4.79. The van der Waals surface area contributed by atoms with Gasteiger partial charge in [0.25, 0.3) is 0 Å². The van der Waals surface area contributed by atoms with E-state index in [9.17, 15) is 15.0 Å². The first kappa shape index (κ1) is 13.9. The highest BCUT2D eigenvalue weighted by molar-refractivity contribution is 6.04. The Kier molecular flexibility index (Phi) is 3.39. The molecule has 1 heterocycles. The number of aromatic hydroxyl groups is 1. The Balaban J connectivity index is 2.25. The molecule has 0 saturated carbocycles. The van der Waals surface area contributed by atoms with Crippen molar-refractivity contribution in [2.24, 2.45) is 0 Å². The molecule has 0 aliphatic rings. The molecule has 3 aromatic rings. The molecule has 5 nitrogen and oxygen atoms in total. The standard InChI is InChI=1S/C17H13NO4/c1-22-12-6-7-15-13(8-12)14(17(20)21)9-16(18-15)10-2-4-11(19)5-3-10/h2-9,19H,1H3,(H,20,21). The maximum Gasteiger partial charge on any atom is 0.336 e. The van der Waals surface area contributed by atoms with E-state index in [4.69, 9.17) is 4.74 Å². The molecule has 2 aromatic carbocycles. The number of ether oxygens (including phenoxy) is 1. The van der Waals surface area contributed by atoms with Crippen molar-refractivity contribution >= 4 is 16.9 Å². The summed E-state index contributed by atoms with van der Waals surface area (Å²) in [6.07, 6.45) is 0. The van der Waals surface area contributed by atoms with Gasteiger partial charge in [0, 0.05) is 10.9 Å². The van der Waals surface area contributed by atoms with Crippen LogP contribution in [0.2, 0.25) is 0 Å². The summed E-state index contributed by atoms with van der Waals surface area (Å²) in [5.74, 6) is -0.303. The number of phenols is 1. The van der Waals surface area contributed by atoms with Gasteiger partial charge in [-0.05, 0) is 48.5 Å². The first-order valence-electron chi connectivity index (χ1n) is 6.60. The molecule has 0 fully saturated rings. The summed E-state index contributed by atoms with van der Waals surface area (Å²) in [6.45, 7) is 0. The molecule has 0 aliphatic carbocycles. The van der Waals surface area contributed by atoms with Crippen LogP contribution in [-0.4, -0.2) is 28.3 Å². The smallest absolute Gasteiger partial charge is 0.336 e. The number of hydrogen-bond donors (Lipinski definition) is 2. The zero-order valence-electron chi connectivity index (χ0n) is 11.8. The fraction of sp³-hybridized carbons (Fsp3) is 0.0588. The Morgan fingerprint density at radius 3 is 2.45 bits per heavy atom. The molecule has 0 unspecified atom stereocenters. The fourth-order valence-corrected chi connectivity index (χ4v) is 2.29. The largest absolute Gasteiger partial charge is 0.508 e. The molecule has 110 valence electrons. The number of rotatable bonds is 3. The molecule has 5 heteroatoms. The molecule has 0 radical (unpaired) electrons. The van der Waals surface area contributed by atoms with Gasteiger partial charge in [-0.15, -0.1) is 0 Å². The van der Waals surface area contributed by atoms with Gasteiger partial charge in [-0.1, -0.05) is 0 Å². The minimum atomic E-state index is -1.03. The molecule has 0 amide bonds. The Bertz CT molecular complexity index is 856. The molecule has 1 aromatic heterocycles. The molecule has 2 N–H and O–H groups in total. The van der Waals surface area contributed by atoms with Crippen LogP contribution in [0.5, 0.6) is 11.5 Å². The first-order chi connectivity index (χ1) is 10.6. The number of phenolic OH excluding ortho intramolecular Hbond substituents is 1. The summed E-state index contributed by atoms with van der Waals surface area (Å²) >= 11 is 0. The number of hydrogen-bond acceptors (Lipinski definition) is 4. The number of aromatic carboxylic acids is 1. The summed E-state index contributed by atoms with van der Waals surface area (Å²) in [6, 6.07) is 13.1. The van der Waals surface area contributed by atoms with E-state index < -0.39 is 5.97 Å². The second-order valence-electron chi connectivity index (χ2n) is 4.79. The Morgan fingerprint density at radius 2 is 1.82 bits per heavy atom. The zero-order chi connectivity index (χ0) is 15.7. The Morgan fingerprint density at radius 1 is 1.09 bits per heavy atom. The van der Waals surface area contributed by atoms with E-state index in [2.05, 4.69) is 4.98 Å². The summed E-state index contributed by atoms with van der Waals surface area (Å²) < 4.78 is 5.14. The van der Waals surface area contributed by atoms with Gasteiger partial charge in [-0.2, -0.15) is 0 Å². The Labute approximate surface area is 126 Å². The molecule has 0 aliphatic heterocycles. The number of methoxy groups -OCH3 is 1. The van der Waals surface area contributed by atoms with E-state index in [-0.39, 0.29) is 11.3 Å². The molecular weight excluding hydrogens is 282 g/mol. The summed E-state index contributed by atoms with van der Waals surface area (Å²) in [4.78, 5) is 16.0. The molecular formula is C17H13NO4. The highest BCUT2D eigenvalue weighted by atomic mass is 16.5. The zero-order valence-corrected chi connectivity index (χ0v) is 11.8. The highest BCUT2D eigenvalue weighted by Crippen LogP contribution is 2.28. The van der Waals surface area contributed by atoms with Crippen LogP contribution in [0.15, 0.2) is 48.5 Å². The van der Waals surface area contributed by atoms with E-state index >= 15 is 0 Å². The van der Waals surface area contributed by atoms with Crippen LogP contribution in [0, 0.1) is 0 Å². The maximum atomic E-state index is 11.5. The number of carboxylic acid groups (broad SMARTS) is 1. The van der Waals surface area contributed by atoms with E-state index in [1.54, 1.807) is 30.3 Å². The lowest BCUT2D eigenvalue weighted by Crippen LogP contribution is -2.00. The number of fused-ring (bicyclic) bond motifs is 1. The van der Waals surface area contributed by atoms with E-state index in [1.165, 1.54) is 25.3 Å². The normalized spacial score (nSPS) is 10.6. The maximum absolute atomic E-state index is 11.5. The van der Waals surface area contributed by atoms with Gasteiger partial charge in [0.05, 0.1) is 23.9 Å². The summed E-state index contributed by atoms with van der Waals surface area (Å²) in [5, 5.41) is 19.3. The van der Waals surface area contributed by atoms with Gasteiger partial charge in [0.15, 0.2) is 0 Å². The van der Waals surface area contributed by atoms with Crippen molar-refractivity contribution in [1.29, 1.82) is 0 Å². The van der Waals surface area contributed by atoms with Crippen molar-refractivity contribution in [3.63, 3.8) is 0 Å². The van der Waals surface area contributed by atoms with Crippen LogP contribution < -0.4 is 4.74 Å². The lowest BCUT2D eigenvalue weighted by molar-refractivity contribution is 0.0699. The van der Waals surface area contributed by atoms with Crippen LogP contribution in [0.25, 0.3) is 22.2 Å². The number of benzene rings is 2. The summed E-state index contributed by atoms with van der Waals surface area (Å²) in [7, 11) is 1.53. The third kappa shape index (κ3) is 2.44. The van der Waals surface area contributed by atoms with Crippen LogP contribution in [0.3, 0.4) is 0 Å². The van der Waals surface area contributed by atoms with Crippen molar-refractivity contribution in [2.75, 3.05) is 7.11 Å². The molecule has 22 heavy (non-hydrogen) atoms. The Hall–Kier alpha value is -3.08. The molecule has 0 atom stereocenters. The average molecular weight is 295 g/mol. The molecule has 3 rings (SSSR count). The second kappa shape index (κ2) is 5.37. The number of aromatic nitrogens is 1.